The van der Waals surface area contributed by atoms with Crippen LogP contribution in [0.3, 0.4) is 0 Å². The van der Waals surface area contributed by atoms with Crippen LogP contribution in [0.25, 0.3) is 0 Å². The van der Waals surface area contributed by atoms with Gasteiger partial charge in [0.05, 0.1) is 6.54 Å². The van der Waals surface area contributed by atoms with E-state index in [1.807, 2.05) is 4.90 Å². The maximum atomic E-state index is 12.2. The second kappa shape index (κ2) is 6.53. The first-order chi connectivity index (χ1) is 8.70. The predicted molar refractivity (Wildman–Crippen MR) is 73.5 cm³/mol. The van der Waals surface area contributed by atoms with Crippen LogP contribution < -0.4 is 5.32 Å². The smallest absolute Gasteiger partial charge is 0.236 e. The molecule has 2 rings (SSSR count). The summed E-state index contributed by atoms with van der Waals surface area (Å²) in [6, 6.07) is 1.12. The van der Waals surface area contributed by atoms with E-state index in [2.05, 4.69) is 24.2 Å². The summed E-state index contributed by atoms with van der Waals surface area (Å²) in [7, 11) is 2.06. The maximum absolute atomic E-state index is 12.2. The van der Waals surface area contributed by atoms with E-state index < -0.39 is 0 Å². The van der Waals surface area contributed by atoms with Crippen molar-refractivity contribution in [1.82, 2.24) is 15.1 Å². The average Bonchev–Trinajstić information content (AvgIpc) is 3.15. The predicted octanol–water partition coefficient (Wildman–Crippen LogP) is 1.07. The molecule has 0 aromatic carbocycles. The topological polar surface area (TPSA) is 35.6 Å². The molecule has 4 heteroatoms. The molecule has 1 unspecified atom stereocenters. The number of likely N-dealkylation sites (N-methyl/N-ethyl adjacent to an activating group) is 2. The van der Waals surface area contributed by atoms with Crippen LogP contribution in [0.4, 0.5) is 0 Å². The fourth-order valence-electron chi connectivity index (χ4n) is 2.87. The number of nitrogens with one attached hydrogen (secondary N) is 1. The molecule has 1 aliphatic carbocycles. The Morgan fingerprint density at radius 3 is 2.61 bits per heavy atom. The van der Waals surface area contributed by atoms with Gasteiger partial charge in [-0.3, -0.25) is 9.69 Å². The molecule has 0 aromatic rings. The number of rotatable bonds is 6. The maximum Gasteiger partial charge on any atom is 0.236 e. The fourth-order valence-corrected chi connectivity index (χ4v) is 2.87. The molecule has 0 aromatic heterocycles. The van der Waals surface area contributed by atoms with Gasteiger partial charge in [0.25, 0.3) is 0 Å². The molecule has 104 valence electrons. The summed E-state index contributed by atoms with van der Waals surface area (Å²) in [6.07, 6.45) is 6.27. The third kappa shape index (κ3) is 3.95. The molecule has 2 fully saturated rings. The lowest BCUT2D eigenvalue weighted by molar-refractivity contribution is -0.132. The SMILES string of the molecule is CCN(C(=O)CN(C)CC1CCCCN1)C1CC1. The van der Waals surface area contributed by atoms with Gasteiger partial charge in [0.15, 0.2) is 0 Å². The van der Waals surface area contributed by atoms with E-state index in [1.54, 1.807) is 0 Å². The second-order valence-corrected chi connectivity index (χ2v) is 5.75. The lowest BCUT2D eigenvalue weighted by atomic mass is 10.0. The Morgan fingerprint density at radius 2 is 2.06 bits per heavy atom. The molecular formula is C14H27N3O. The molecule has 1 saturated heterocycles. The van der Waals surface area contributed by atoms with Crippen molar-refractivity contribution in [2.24, 2.45) is 0 Å². The Hall–Kier alpha value is -0.610. The second-order valence-electron chi connectivity index (χ2n) is 5.75. The zero-order valence-electron chi connectivity index (χ0n) is 11.8. The van der Waals surface area contributed by atoms with Gasteiger partial charge >= 0.3 is 0 Å². The van der Waals surface area contributed by atoms with Gasteiger partial charge in [-0.25, -0.2) is 0 Å². The molecule has 1 saturated carbocycles. The number of piperidine rings is 1. The Morgan fingerprint density at radius 1 is 1.28 bits per heavy atom. The van der Waals surface area contributed by atoms with Gasteiger partial charge in [0, 0.05) is 25.2 Å². The summed E-state index contributed by atoms with van der Waals surface area (Å²) in [6.45, 7) is 5.64. The highest BCUT2D eigenvalue weighted by atomic mass is 16.2. The fraction of sp³-hybridized carbons (Fsp3) is 0.929. The van der Waals surface area contributed by atoms with E-state index >= 15 is 0 Å². The Bertz CT molecular complexity index is 272. The molecule has 4 nitrogen and oxygen atoms in total. The van der Waals surface area contributed by atoms with E-state index in [9.17, 15) is 4.79 Å². The van der Waals surface area contributed by atoms with Crippen LogP contribution in [0.15, 0.2) is 0 Å². The number of carbonyl (C=O) groups is 1. The number of amides is 1. The number of nitrogens with zero attached hydrogens (tertiary/aromatic N) is 2. The van der Waals surface area contributed by atoms with Crippen LogP contribution in [-0.4, -0.2) is 61.0 Å². The zero-order valence-corrected chi connectivity index (χ0v) is 11.8. The van der Waals surface area contributed by atoms with Crippen LogP contribution in [0, 0.1) is 0 Å². The first-order valence-corrected chi connectivity index (χ1v) is 7.42. The van der Waals surface area contributed by atoms with Gasteiger partial charge in [-0.2, -0.15) is 0 Å². The Balaban J connectivity index is 1.71. The molecule has 1 atom stereocenters. The minimum absolute atomic E-state index is 0.304. The van der Waals surface area contributed by atoms with Gasteiger partial charge in [0.2, 0.25) is 5.91 Å². The molecular weight excluding hydrogens is 226 g/mol. The number of hydrogen-bond acceptors (Lipinski definition) is 3. The van der Waals surface area contributed by atoms with Crippen molar-refractivity contribution in [2.45, 2.75) is 51.1 Å². The van der Waals surface area contributed by atoms with Gasteiger partial charge in [0.1, 0.15) is 0 Å². The van der Waals surface area contributed by atoms with E-state index in [0.29, 0.717) is 24.5 Å². The summed E-state index contributed by atoms with van der Waals surface area (Å²) in [5.41, 5.74) is 0. The van der Waals surface area contributed by atoms with Gasteiger partial charge in [-0.1, -0.05) is 6.42 Å². The van der Waals surface area contributed by atoms with Crippen LogP contribution in [0.1, 0.15) is 39.0 Å². The summed E-state index contributed by atoms with van der Waals surface area (Å²) in [4.78, 5) is 16.4. The van der Waals surface area contributed by atoms with Crippen LogP contribution in [0.2, 0.25) is 0 Å². The molecule has 0 radical (unpaired) electrons. The average molecular weight is 253 g/mol. The number of hydrogen-bond donors (Lipinski definition) is 1. The summed E-state index contributed by atoms with van der Waals surface area (Å²) < 4.78 is 0. The molecule has 1 amide bonds. The van der Waals surface area contributed by atoms with Crippen molar-refractivity contribution >= 4 is 5.91 Å². The quantitative estimate of drug-likeness (QED) is 0.769. The van der Waals surface area contributed by atoms with Crippen molar-refractivity contribution in [2.75, 3.05) is 33.2 Å². The molecule has 0 spiro atoms. The monoisotopic (exact) mass is 253 g/mol. The lowest BCUT2D eigenvalue weighted by Crippen LogP contribution is -2.46. The largest absolute Gasteiger partial charge is 0.339 e. The molecule has 1 N–H and O–H groups in total. The summed E-state index contributed by atoms with van der Waals surface area (Å²) in [5.74, 6) is 0.304. The molecule has 1 aliphatic heterocycles. The standard InChI is InChI=1S/C14H27N3O/c1-3-17(13-7-8-13)14(18)11-16(2)10-12-6-4-5-9-15-12/h12-13,15H,3-11H2,1-2H3. The third-order valence-electron chi connectivity index (χ3n) is 4.00. The first kappa shape index (κ1) is 13.8. The third-order valence-corrected chi connectivity index (χ3v) is 4.00. The van der Waals surface area contributed by atoms with Crippen molar-refractivity contribution in [3.8, 4) is 0 Å². The normalized spacial score (nSPS) is 24.3. The van der Waals surface area contributed by atoms with E-state index in [0.717, 1.165) is 19.6 Å². The summed E-state index contributed by atoms with van der Waals surface area (Å²) >= 11 is 0. The first-order valence-electron chi connectivity index (χ1n) is 7.42. The Kier molecular flexibility index (Phi) is 5.01. The molecule has 2 aliphatic rings. The van der Waals surface area contributed by atoms with E-state index in [-0.39, 0.29) is 0 Å². The summed E-state index contributed by atoms with van der Waals surface area (Å²) in [5, 5.41) is 3.53. The van der Waals surface area contributed by atoms with E-state index in [1.165, 1.54) is 32.1 Å². The van der Waals surface area contributed by atoms with Crippen molar-refractivity contribution in [3.05, 3.63) is 0 Å². The van der Waals surface area contributed by atoms with Crippen LogP contribution in [0.5, 0.6) is 0 Å². The molecule has 18 heavy (non-hydrogen) atoms. The minimum Gasteiger partial charge on any atom is -0.339 e. The Labute approximate surface area is 111 Å². The minimum atomic E-state index is 0.304. The van der Waals surface area contributed by atoms with Gasteiger partial charge in [-0.05, 0) is 46.2 Å². The van der Waals surface area contributed by atoms with Crippen LogP contribution in [-0.2, 0) is 4.79 Å². The highest BCUT2D eigenvalue weighted by Gasteiger charge is 2.31. The highest BCUT2D eigenvalue weighted by Crippen LogP contribution is 2.26. The van der Waals surface area contributed by atoms with E-state index in [4.69, 9.17) is 0 Å². The zero-order chi connectivity index (χ0) is 13.0. The van der Waals surface area contributed by atoms with Crippen molar-refractivity contribution in [3.63, 3.8) is 0 Å². The van der Waals surface area contributed by atoms with Crippen molar-refractivity contribution in [1.29, 1.82) is 0 Å². The van der Waals surface area contributed by atoms with Gasteiger partial charge < -0.3 is 10.2 Å². The van der Waals surface area contributed by atoms with Crippen LogP contribution >= 0.6 is 0 Å². The lowest BCUT2D eigenvalue weighted by Gasteiger charge is -2.29. The molecule has 1 heterocycles. The van der Waals surface area contributed by atoms with Gasteiger partial charge in [-0.15, -0.1) is 0 Å². The van der Waals surface area contributed by atoms with Crippen molar-refractivity contribution < 1.29 is 4.79 Å². The highest BCUT2D eigenvalue weighted by molar-refractivity contribution is 5.78. The molecule has 0 bridgehead atoms. The number of carbonyl (C=O) groups excluding carboxylic acids is 1.